The van der Waals surface area contributed by atoms with E-state index in [1.54, 1.807) is 28.4 Å². The van der Waals surface area contributed by atoms with Crippen LogP contribution in [-0.4, -0.2) is 47.9 Å². The maximum absolute atomic E-state index is 13.7. The molecule has 2 amide bonds. The number of benzene rings is 2. The Bertz CT molecular complexity index is 1200. The van der Waals surface area contributed by atoms with E-state index in [4.69, 9.17) is 16.3 Å². The van der Waals surface area contributed by atoms with Crippen molar-refractivity contribution >= 4 is 34.8 Å². The van der Waals surface area contributed by atoms with Gasteiger partial charge >= 0.3 is 0 Å². The first-order chi connectivity index (χ1) is 17.4. The molecule has 0 saturated carbocycles. The van der Waals surface area contributed by atoms with E-state index >= 15 is 0 Å². The van der Waals surface area contributed by atoms with Gasteiger partial charge in [0.15, 0.2) is 0 Å². The van der Waals surface area contributed by atoms with Gasteiger partial charge < -0.3 is 14.5 Å². The van der Waals surface area contributed by atoms with Crippen molar-refractivity contribution in [2.75, 3.05) is 26.2 Å². The quantitative estimate of drug-likeness (QED) is 0.325. The molecule has 0 unspecified atom stereocenters. The van der Waals surface area contributed by atoms with Crippen LogP contribution >= 0.6 is 22.9 Å². The highest BCUT2D eigenvalue weighted by Gasteiger charge is 2.34. The molecule has 0 saturated heterocycles. The number of aryl methyl sites for hydroxylation is 1. The molecule has 190 valence electrons. The minimum atomic E-state index is -0.208. The van der Waals surface area contributed by atoms with Crippen molar-refractivity contribution in [1.29, 1.82) is 0 Å². The van der Waals surface area contributed by atoms with Crippen LogP contribution in [0.4, 0.5) is 0 Å². The van der Waals surface area contributed by atoms with Crippen molar-refractivity contribution in [2.24, 2.45) is 5.92 Å². The molecule has 3 aromatic rings. The third kappa shape index (κ3) is 6.11. The van der Waals surface area contributed by atoms with E-state index in [-0.39, 0.29) is 24.4 Å². The topological polar surface area (TPSA) is 49.9 Å². The van der Waals surface area contributed by atoms with Crippen LogP contribution in [0.1, 0.15) is 52.7 Å². The third-order valence-corrected chi connectivity index (χ3v) is 8.24. The Hall–Kier alpha value is -2.83. The number of halogens is 1. The van der Waals surface area contributed by atoms with E-state index in [1.807, 2.05) is 48.2 Å². The summed E-state index contributed by atoms with van der Waals surface area (Å²) in [4.78, 5) is 32.0. The minimum Gasteiger partial charge on any atom is -0.491 e. The van der Waals surface area contributed by atoms with Crippen LogP contribution in [0.2, 0.25) is 5.02 Å². The van der Waals surface area contributed by atoms with Gasteiger partial charge in [-0.3, -0.25) is 9.59 Å². The smallest absolute Gasteiger partial charge is 0.254 e. The van der Waals surface area contributed by atoms with Gasteiger partial charge in [-0.25, -0.2) is 0 Å². The zero-order valence-electron chi connectivity index (χ0n) is 21.1. The van der Waals surface area contributed by atoms with Crippen molar-refractivity contribution in [3.05, 3.63) is 86.6 Å². The van der Waals surface area contributed by atoms with Gasteiger partial charge in [0, 0.05) is 28.6 Å². The first kappa shape index (κ1) is 26.2. The maximum Gasteiger partial charge on any atom is 0.254 e. The zero-order chi connectivity index (χ0) is 25.7. The van der Waals surface area contributed by atoms with Crippen molar-refractivity contribution in [3.63, 3.8) is 0 Å². The number of thiophene rings is 1. The van der Waals surface area contributed by atoms with E-state index in [1.165, 1.54) is 4.88 Å². The van der Waals surface area contributed by atoms with Crippen molar-refractivity contribution in [1.82, 2.24) is 9.80 Å². The Morgan fingerprint density at radius 3 is 2.69 bits per heavy atom. The third-order valence-electron chi connectivity index (χ3n) is 6.82. The van der Waals surface area contributed by atoms with Gasteiger partial charge in [0.1, 0.15) is 18.9 Å². The Morgan fingerprint density at radius 2 is 1.97 bits per heavy atom. The number of nitrogens with zero attached hydrogens (tertiary/aromatic N) is 2. The predicted octanol–water partition coefficient (Wildman–Crippen LogP) is 6.40. The average molecular weight is 525 g/mol. The fraction of sp³-hybridized carbons (Fsp3) is 0.379. The molecule has 7 heteroatoms. The molecule has 2 aromatic carbocycles. The molecule has 0 aliphatic carbocycles. The first-order valence-corrected chi connectivity index (χ1v) is 13.7. The van der Waals surface area contributed by atoms with E-state index in [0.717, 1.165) is 29.7 Å². The second-order valence-electron chi connectivity index (χ2n) is 9.44. The molecule has 2 heterocycles. The Morgan fingerprint density at radius 1 is 1.19 bits per heavy atom. The van der Waals surface area contributed by atoms with Crippen LogP contribution in [-0.2, 0) is 11.2 Å². The summed E-state index contributed by atoms with van der Waals surface area (Å²) in [6, 6.07) is 16.7. The fourth-order valence-corrected chi connectivity index (χ4v) is 5.54. The molecule has 5 nitrogen and oxygen atoms in total. The van der Waals surface area contributed by atoms with Crippen LogP contribution in [0.15, 0.2) is 60.0 Å². The number of rotatable bonds is 9. The van der Waals surface area contributed by atoms with E-state index in [0.29, 0.717) is 36.2 Å². The van der Waals surface area contributed by atoms with E-state index in [2.05, 4.69) is 25.3 Å². The van der Waals surface area contributed by atoms with Gasteiger partial charge in [-0.2, -0.15) is 0 Å². The lowest BCUT2D eigenvalue weighted by molar-refractivity contribution is -0.135. The van der Waals surface area contributed by atoms with Gasteiger partial charge in [0.2, 0.25) is 5.91 Å². The lowest BCUT2D eigenvalue weighted by Crippen LogP contribution is -2.48. The first-order valence-electron chi connectivity index (χ1n) is 12.5. The lowest BCUT2D eigenvalue weighted by atomic mass is 10.00. The molecule has 2 atom stereocenters. The zero-order valence-corrected chi connectivity index (χ0v) is 22.6. The summed E-state index contributed by atoms with van der Waals surface area (Å²) in [5.41, 5.74) is 2.68. The second-order valence-corrected chi connectivity index (χ2v) is 10.8. The number of amides is 2. The number of hydrogen-bond donors (Lipinski definition) is 0. The highest BCUT2D eigenvalue weighted by Crippen LogP contribution is 2.34. The largest absolute Gasteiger partial charge is 0.491 e. The summed E-state index contributed by atoms with van der Waals surface area (Å²) in [7, 11) is 0. The molecular formula is C29H33ClN2O3S. The van der Waals surface area contributed by atoms with Crippen LogP contribution in [0, 0.1) is 12.8 Å². The summed E-state index contributed by atoms with van der Waals surface area (Å²) >= 11 is 7.89. The standard InChI is InChI=1S/C29H33ClN2O3S/c1-4-20(2)17-31(29(34)22-8-6-5-7-9-22)18-28(33)32-14-12-27-24(13-15-36-27)26(32)19-35-23-10-11-25(30)21(3)16-23/h5-11,13,15-16,20,26H,4,12,14,17-19H2,1-3H3/t20-,26+/m1/s1. The van der Waals surface area contributed by atoms with Crippen molar-refractivity contribution in [3.8, 4) is 5.75 Å². The summed E-state index contributed by atoms with van der Waals surface area (Å²) in [5.74, 6) is 0.856. The molecule has 0 bridgehead atoms. The molecular weight excluding hydrogens is 492 g/mol. The minimum absolute atomic E-state index is 0.0497. The molecule has 36 heavy (non-hydrogen) atoms. The average Bonchev–Trinajstić information content (AvgIpc) is 3.38. The monoisotopic (exact) mass is 524 g/mol. The molecule has 0 N–H and O–H groups in total. The summed E-state index contributed by atoms with van der Waals surface area (Å²) in [6.07, 6.45) is 1.75. The fourth-order valence-electron chi connectivity index (χ4n) is 4.50. The molecule has 0 radical (unpaired) electrons. The second kappa shape index (κ2) is 11.9. The van der Waals surface area contributed by atoms with Gasteiger partial charge in [-0.05, 0) is 72.2 Å². The summed E-state index contributed by atoms with van der Waals surface area (Å²) in [6.45, 7) is 7.70. The van der Waals surface area contributed by atoms with Gasteiger partial charge in [0.05, 0.1) is 6.04 Å². The van der Waals surface area contributed by atoms with Gasteiger partial charge in [-0.15, -0.1) is 11.3 Å². The molecule has 1 aliphatic heterocycles. The van der Waals surface area contributed by atoms with Crippen LogP contribution in [0.5, 0.6) is 5.75 Å². The Labute approximate surface area is 222 Å². The van der Waals surface area contributed by atoms with Crippen molar-refractivity contribution in [2.45, 2.75) is 39.7 Å². The maximum atomic E-state index is 13.7. The highest BCUT2D eigenvalue weighted by molar-refractivity contribution is 7.10. The van der Waals surface area contributed by atoms with Crippen molar-refractivity contribution < 1.29 is 14.3 Å². The Kier molecular flexibility index (Phi) is 8.70. The molecule has 1 aromatic heterocycles. The number of hydrogen-bond acceptors (Lipinski definition) is 4. The molecule has 4 rings (SSSR count). The number of ether oxygens (including phenoxy) is 1. The predicted molar refractivity (Wildman–Crippen MR) is 146 cm³/mol. The number of carbonyl (C=O) groups is 2. The summed E-state index contributed by atoms with van der Waals surface area (Å²) in [5, 5.41) is 2.77. The lowest BCUT2D eigenvalue weighted by Gasteiger charge is -2.37. The summed E-state index contributed by atoms with van der Waals surface area (Å²) < 4.78 is 6.16. The molecule has 0 spiro atoms. The van der Waals surface area contributed by atoms with Gasteiger partial charge in [-0.1, -0.05) is 50.1 Å². The SMILES string of the molecule is CC[C@@H](C)CN(CC(=O)N1CCc2sccc2[C@@H]1COc1ccc(Cl)c(C)c1)C(=O)c1ccccc1. The number of fused-ring (bicyclic) bond motifs is 1. The molecule has 0 fully saturated rings. The van der Waals surface area contributed by atoms with Crippen LogP contribution < -0.4 is 4.74 Å². The van der Waals surface area contributed by atoms with Crippen LogP contribution in [0.3, 0.4) is 0 Å². The molecule has 1 aliphatic rings. The number of carbonyl (C=O) groups excluding carboxylic acids is 2. The van der Waals surface area contributed by atoms with Crippen LogP contribution in [0.25, 0.3) is 0 Å². The van der Waals surface area contributed by atoms with E-state index in [9.17, 15) is 9.59 Å². The van der Waals surface area contributed by atoms with Gasteiger partial charge in [0.25, 0.3) is 5.91 Å². The van der Waals surface area contributed by atoms with E-state index < -0.39 is 0 Å². The normalized spacial score (nSPS) is 15.8. The highest BCUT2D eigenvalue weighted by atomic mass is 35.5. The Balaban J connectivity index is 1.54.